The first-order valence-electron chi connectivity index (χ1n) is 5.64. The fraction of sp³-hybridized carbons (Fsp3) is 0.214. The summed E-state index contributed by atoms with van der Waals surface area (Å²) in [6.45, 7) is 1.83. The minimum absolute atomic E-state index is 0.0345. The summed E-state index contributed by atoms with van der Waals surface area (Å²) in [5.74, 6) is -0.785. The first-order valence-corrected chi connectivity index (χ1v) is 6.02. The molecule has 0 saturated carbocycles. The quantitative estimate of drug-likeness (QED) is 0.918. The molecule has 2 atom stereocenters. The molecule has 0 aliphatic rings. The molecular weight excluding hydrogens is 253 g/mol. The predicted molar refractivity (Wildman–Crippen MR) is 69.0 cm³/mol. The van der Waals surface area contributed by atoms with Gasteiger partial charge in [-0.15, -0.1) is 0 Å². The van der Waals surface area contributed by atoms with Crippen LogP contribution >= 0.6 is 11.6 Å². The average molecular weight is 266 g/mol. The molecule has 0 bridgehead atoms. The molecule has 0 aliphatic heterocycles. The van der Waals surface area contributed by atoms with E-state index < -0.39 is 11.9 Å². The molecule has 1 N–H and O–H groups in total. The molecule has 4 heteroatoms. The van der Waals surface area contributed by atoms with Gasteiger partial charge in [0, 0.05) is 23.4 Å². The molecule has 0 aliphatic carbocycles. The minimum atomic E-state index is -0.886. The van der Waals surface area contributed by atoms with Crippen LogP contribution in [0.2, 0.25) is 5.02 Å². The Morgan fingerprint density at radius 3 is 2.67 bits per heavy atom. The van der Waals surface area contributed by atoms with E-state index >= 15 is 0 Å². The molecule has 0 spiro atoms. The summed E-state index contributed by atoms with van der Waals surface area (Å²) in [5.41, 5.74) is 1.13. The lowest BCUT2D eigenvalue weighted by Crippen LogP contribution is -2.10. The highest BCUT2D eigenvalue weighted by atomic mass is 35.5. The van der Waals surface area contributed by atoms with E-state index in [2.05, 4.69) is 4.98 Å². The molecule has 2 nitrogen and oxygen atoms in total. The monoisotopic (exact) mass is 265 g/mol. The maximum absolute atomic E-state index is 13.3. The number of hydrogen-bond donors (Lipinski definition) is 1. The van der Waals surface area contributed by atoms with E-state index in [4.69, 9.17) is 11.6 Å². The molecule has 0 radical (unpaired) electrons. The largest absolute Gasteiger partial charge is 0.388 e. The van der Waals surface area contributed by atoms with E-state index in [0.717, 1.165) is 5.69 Å². The molecule has 94 valence electrons. The highest BCUT2D eigenvalue weighted by Crippen LogP contribution is 2.34. The Balaban J connectivity index is 2.31. The molecule has 0 saturated heterocycles. The number of rotatable bonds is 3. The van der Waals surface area contributed by atoms with Crippen molar-refractivity contribution in [1.29, 1.82) is 0 Å². The summed E-state index contributed by atoms with van der Waals surface area (Å²) >= 11 is 5.86. The number of aliphatic hydroxyl groups excluding tert-OH is 1. The number of halogens is 2. The lowest BCUT2D eigenvalue weighted by atomic mass is 9.94. The zero-order valence-electron chi connectivity index (χ0n) is 9.85. The average Bonchev–Trinajstić information content (AvgIpc) is 2.41. The topological polar surface area (TPSA) is 33.1 Å². The van der Waals surface area contributed by atoms with Crippen molar-refractivity contribution in [3.05, 3.63) is 64.7 Å². The Hall–Kier alpha value is -1.45. The van der Waals surface area contributed by atoms with Gasteiger partial charge in [0.05, 0.1) is 11.1 Å². The second-order valence-corrected chi connectivity index (χ2v) is 4.51. The third kappa shape index (κ3) is 2.52. The SMILES string of the molecule is CC(c1ccccn1)C(O)c1cccc(F)c1Cl. The van der Waals surface area contributed by atoms with Crippen LogP contribution in [-0.4, -0.2) is 10.1 Å². The van der Waals surface area contributed by atoms with Gasteiger partial charge in [0.2, 0.25) is 0 Å². The normalized spacial score (nSPS) is 14.2. The summed E-state index contributed by atoms with van der Waals surface area (Å²) in [6.07, 6.45) is 0.772. The van der Waals surface area contributed by atoms with Gasteiger partial charge in [0.1, 0.15) is 5.82 Å². The zero-order valence-corrected chi connectivity index (χ0v) is 10.6. The third-order valence-corrected chi connectivity index (χ3v) is 3.33. The third-order valence-electron chi connectivity index (χ3n) is 2.93. The van der Waals surface area contributed by atoms with Crippen LogP contribution in [0.5, 0.6) is 0 Å². The van der Waals surface area contributed by atoms with Gasteiger partial charge in [0.25, 0.3) is 0 Å². The fourth-order valence-corrected chi connectivity index (χ4v) is 2.06. The summed E-state index contributed by atoms with van der Waals surface area (Å²) < 4.78 is 13.3. The summed E-state index contributed by atoms with van der Waals surface area (Å²) in [6, 6.07) is 9.89. The standard InChI is InChI=1S/C14H13ClFNO/c1-9(12-7-2-3-8-17-12)14(18)10-5-4-6-11(16)13(10)15/h2-9,14,18H,1H3. The molecule has 1 aromatic heterocycles. The van der Waals surface area contributed by atoms with E-state index in [1.807, 2.05) is 19.1 Å². The number of aliphatic hydroxyl groups is 1. The Kier molecular flexibility index (Phi) is 3.94. The second-order valence-electron chi connectivity index (χ2n) is 4.13. The maximum atomic E-state index is 13.3. The van der Waals surface area contributed by atoms with Gasteiger partial charge in [-0.1, -0.05) is 36.7 Å². The highest BCUT2D eigenvalue weighted by Gasteiger charge is 2.22. The lowest BCUT2D eigenvalue weighted by molar-refractivity contribution is 0.149. The molecule has 2 rings (SSSR count). The van der Waals surface area contributed by atoms with Crippen molar-refractivity contribution in [2.45, 2.75) is 18.9 Å². The molecule has 2 unspecified atom stereocenters. The Morgan fingerprint density at radius 2 is 2.00 bits per heavy atom. The van der Waals surface area contributed by atoms with Gasteiger partial charge in [-0.3, -0.25) is 4.98 Å². The van der Waals surface area contributed by atoms with Gasteiger partial charge in [-0.25, -0.2) is 4.39 Å². The fourth-order valence-electron chi connectivity index (χ4n) is 1.83. The van der Waals surface area contributed by atoms with Gasteiger partial charge in [-0.05, 0) is 18.2 Å². The van der Waals surface area contributed by atoms with Crippen molar-refractivity contribution < 1.29 is 9.50 Å². The van der Waals surface area contributed by atoms with Crippen molar-refractivity contribution in [3.63, 3.8) is 0 Å². The van der Waals surface area contributed by atoms with Crippen molar-refractivity contribution in [1.82, 2.24) is 4.98 Å². The molecule has 1 aromatic carbocycles. The number of pyridine rings is 1. The maximum Gasteiger partial charge on any atom is 0.142 e. The van der Waals surface area contributed by atoms with Crippen molar-refractivity contribution in [2.75, 3.05) is 0 Å². The zero-order chi connectivity index (χ0) is 13.1. The molecular formula is C14H13ClFNO. The molecule has 18 heavy (non-hydrogen) atoms. The van der Waals surface area contributed by atoms with E-state index in [1.54, 1.807) is 18.3 Å². The van der Waals surface area contributed by atoms with Crippen molar-refractivity contribution >= 4 is 11.6 Å². The minimum Gasteiger partial charge on any atom is -0.388 e. The van der Waals surface area contributed by atoms with Crippen LogP contribution in [0.1, 0.15) is 30.2 Å². The van der Waals surface area contributed by atoms with Crippen molar-refractivity contribution in [3.8, 4) is 0 Å². The van der Waals surface area contributed by atoms with Crippen LogP contribution in [0.4, 0.5) is 4.39 Å². The van der Waals surface area contributed by atoms with Crippen LogP contribution in [-0.2, 0) is 0 Å². The predicted octanol–water partition coefficient (Wildman–Crippen LogP) is 3.71. The Labute approximate surface area is 110 Å². The highest BCUT2D eigenvalue weighted by molar-refractivity contribution is 6.31. The number of aromatic nitrogens is 1. The van der Waals surface area contributed by atoms with Crippen molar-refractivity contribution in [2.24, 2.45) is 0 Å². The first kappa shape index (κ1) is 13.0. The lowest BCUT2D eigenvalue weighted by Gasteiger charge is -2.19. The van der Waals surface area contributed by atoms with Crippen LogP contribution in [0, 0.1) is 5.82 Å². The van der Waals surface area contributed by atoms with Gasteiger partial charge >= 0.3 is 0 Å². The number of hydrogen-bond acceptors (Lipinski definition) is 2. The van der Waals surface area contributed by atoms with E-state index in [0.29, 0.717) is 5.56 Å². The molecule has 1 heterocycles. The molecule has 2 aromatic rings. The van der Waals surface area contributed by atoms with Crippen LogP contribution in [0.3, 0.4) is 0 Å². The van der Waals surface area contributed by atoms with E-state index in [9.17, 15) is 9.50 Å². The summed E-state index contributed by atoms with van der Waals surface area (Å²) in [7, 11) is 0. The number of benzene rings is 1. The van der Waals surface area contributed by atoms with E-state index in [-0.39, 0.29) is 10.9 Å². The Morgan fingerprint density at radius 1 is 1.22 bits per heavy atom. The van der Waals surface area contributed by atoms with Gasteiger partial charge < -0.3 is 5.11 Å². The van der Waals surface area contributed by atoms with Crippen LogP contribution in [0.15, 0.2) is 42.6 Å². The van der Waals surface area contributed by atoms with E-state index in [1.165, 1.54) is 12.1 Å². The smallest absolute Gasteiger partial charge is 0.142 e. The molecule has 0 fully saturated rings. The summed E-state index contributed by atoms with van der Waals surface area (Å²) in [4.78, 5) is 4.18. The van der Waals surface area contributed by atoms with Crippen LogP contribution in [0.25, 0.3) is 0 Å². The second kappa shape index (κ2) is 5.46. The van der Waals surface area contributed by atoms with Gasteiger partial charge in [0.15, 0.2) is 0 Å². The summed E-state index contributed by atoms with van der Waals surface area (Å²) in [5, 5.41) is 10.2. The Bertz CT molecular complexity index is 533. The number of nitrogens with zero attached hydrogens (tertiary/aromatic N) is 1. The van der Waals surface area contributed by atoms with Gasteiger partial charge in [-0.2, -0.15) is 0 Å². The van der Waals surface area contributed by atoms with Crippen LogP contribution < -0.4 is 0 Å². The first-order chi connectivity index (χ1) is 8.61. The molecule has 0 amide bonds.